The second kappa shape index (κ2) is 3.62. The molecule has 0 bridgehead atoms. The van der Waals surface area contributed by atoms with Gasteiger partial charge in [0.1, 0.15) is 12.7 Å². The van der Waals surface area contributed by atoms with Crippen LogP contribution in [0.4, 0.5) is 0 Å². The van der Waals surface area contributed by atoms with Crippen molar-refractivity contribution < 1.29 is 15.0 Å². The van der Waals surface area contributed by atoms with Gasteiger partial charge in [0.05, 0.1) is 6.54 Å². The SMILES string of the molecule is CC(C)(C)C(O)(Cn1cncn1)C(=O)O. The van der Waals surface area contributed by atoms with Gasteiger partial charge in [-0.05, 0) is 0 Å². The van der Waals surface area contributed by atoms with Crippen LogP contribution in [-0.4, -0.2) is 36.5 Å². The van der Waals surface area contributed by atoms with Crippen molar-refractivity contribution in [2.75, 3.05) is 0 Å². The quantitative estimate of drug-likeness (QED) is 0.745. The summed E-state index contributed by atoms with van der Waals surface area (Å²) in [6.45, 7) is 4.87. The molecule has 0 aromatic carbocycles. The summed E-state index contributed by atoms with van der Waals surface area (Å²) in [6.07, 6.45) is 2.67. The summed E-state index contributed by atoms with van der Waals surface area (Å²) >= 11 is 0. The fraction of sp³-hybridized carbons (Fsp3) is 0.667. The molecule has 1 heterocycles. The van der Waals surface area contributed by atoms with E-state index in [2.05, 4.69) is 10.1 Å². The molecule has 0 radical (unpaired) electrons. The van der Waals surface area contributed by atoms with Gasteiger partial charge in [-0.3, -0.25) is 0 Å². The van der Waals surface area contributed by atoms with Gasteiger partial charge in [0.25, 0.3) is 0 Å². The minimum Gasteiger partial charge on any atom is -0.479 e. The molecule has 1 aromatic rings. The number of hydrogen-bond acceptors (Lipinski definition) is 4. The molecular formula is C9H15N3O3. The average Bonchev–Trinajstić information content (AvgIpc) is 2.54. The van der Waals surface area contributed by atoms with Crippen molar-refractivity contribution in [2.45, 2.75) is 32.9 Å². The van der Waals surface area contributed by atoms with Crippen LogP contribution in [0.2, 0.25) is 0 Å². The molecule has 0 amide bonds. The molecule has 0 saturated heterocycles. The van der Waals surface area contributed by atoms with E-state index in [4.69, 9.17) is 5.11 Å². The molecule has 6 heteroatoms. The molecule has 0 spiro atoms. The zero-order valence-corrected chi connectivity index (χ0v) is 9.01. The van der Waals surface area contributed by atoms with E-state index in [1.807, 2.05) is 0 Å². The maximum absolute atomic E-state index is 11.1. The van der Waals surface area contributed by atoms with Gasteiger partial charge in [-0.15, -0.1) is 0 Å². The zero-order valence-electron chi connectivity index (χ0n) is 9.01. The number of nitrogens with zero attached hydrogens (tertiary/aromatic N) is 3. The first-order valence-electron chi connectivity index (χ1n) is 4.55. The Bertz CT molecular complexity index is 342. The summed E-state index contributed by atoms with van der Waals surface area (Å²) in [7, 11) is 0. The first-order chi connectivity index (χ1) is 6.77. The Morgan fingerprint density at radius 1 is 1.47 bits per heavy atom. The number of carboxylic acids is 1. The first-order valence-corrected chi connectivity index (χ1v) is 4.55. The van der Waals surface area contributed by atoms with E-state index in [1.54, 1.807) is 20.8 Å². The molecule has 15 heavy (non-hydrogen) atoms. The summed E-state index contributed by atoms with van der Waals surface area (Å²) < 4.78 is 1.30. The molecule has 1 unspecified atom stereocenters. The van der Waals surface area contributed by atoms with Crippen molar-refractivity contribution >= 4 is 5.97 Å². The molecular weight excluding hydrogens is 198 g/mol. The summed E-state index contributed by atoms with van der Waals surface area (Å²) in [5, 5.41) is 22.9. The number of carbonyl (C=O) groups is 1. The van der Waals surface area contributed by atoms with E-state index < -0.39 is 17.0 Å². The minimum absolute atomic E-state index is 0.119. The van der Waals surface area contributed by atoms with E-state index in [9.17, 15) is 9.90 Å². The highest BCUT2D eigenvalue weighted by atomic mass is 16.4. The van der Waals surface area contributed by atoms with E-state index in [-0.39, 0.29) is 6.54 Å². The third-order valence-electron chi connectivity index (χ3n) is 2.45. The first kappa shape index (κ1) is 11.6. The highest BCUT2D eigenvalue weighted by Crippen LogP contribution is 2.31. The van der Waals surface area contributed by atoms with Crippen molar-refractivity contribution in [3.8, 4) is 0 Å². The summed E-state index contributed by atoms with van der Waals surface area (Å²) in [5.41, 5.74) is -2.65. The van der Waals surface area contributed by atoms with Gasteiger partial charge in [-0.1, -0.05) is 20.8 Å². The van der Waals surface area contributed by atoms with E-state index in [1.165, 1.54) is 17.3 Å². The van der Waals surface area contributed by atoms with Crippen LogP contribution >= 0.6 is 0 Å². The molecule has 2 N–H and O–H groups in total. The fourth-order valence-corrected chi connectivity index (χ4v) is 1.17. The fourth-order valence-electron chi connectivity index (χ4n) is 1.17. The molecule has 0 saturated carbocycles. The van der Waals surface area contributed by atoms with E-state index >= 15 is 0 Å². The van der Waals surface area contributed by atoms with Crippen molar-refractivity contribution in [2.24, 2.45) is 5.41 Å². The number of aliphatic carboxylic acids is 1. The summed E-state index contributed by atoms with van der Waals surface area (Å²) in [4.78, 5) is 14.8. The second-order valence-electron chi connectivity index (χ2n) is 4.51. The van der Waals surface area contributed by atoms with Crippen LogP contribution in [0, 0.1) is 5.41 Å². The smallest absolute Gasteiger partial charge is 0.338 e. The minimum atomic E-state index is -1.86. The topological polar surface area (TPSA) is 88.2 Å². The van der Waals surface area contributed by atoms with Gasteiger partial charge in [-0.25, -0.2) is 14.5 Å². The van der Waals surface area contributed by atoms with Crippen LogP contribution in [0.3, 0.4) is 0 Å². The van der Waals surface area contributed by atoms with Crippen LogP contribution in [0.25, 0.3) is 0 Å². The molecule has 0 aliphatic rings. The molecule has 1 rings (SSSR count). The molecule has 1 atom stereocenters. The number of rotatable bonds is 3. The number of carboxylic acid groups (broad SMARTS) is 1. The summed E-state index contributed by atoms with van der Waals surface area (Å²) in [6, 6.07) is 0. The maximum atomic E-state index is 11.1. The Morgan fingerprint density at radius 2 is 2.07 bits per heavy atom. The molecule has 1 aromatic heterocycles. The monoisotopic (exact) mass is 213 g/mol. The van der Waals surface area contributed by atoms with Gasteiger partial charge in [-0.2, -0.15) is 5.10 Å². The van der Waals surface area contributed by atoms with Crippen molar-refractivity contribution in [1.29, 1.82) is 0 Å². The molecule has 84 valence electrons. The Labute approximate surface area is 87.6 Å². The van der Waals surface area contributed by atoms with Gasteiger partial charge in [0.2, 0.25) is 0 Å². The second-order valence-corrected chi connectivity index (χ2v) is 4.51. The largest absolute Gasteiger partial charge is 0.479 e. The summed E-state index contributed by atoms with van der Waals surface area (Å²) in [5.74, 6) is -1.26. The van der Waals surface area contributed by atoms with Crippen LogP contribution in [0.15, 0.2) is 12.7 Å². The van der Waals surface area contributed by atoms with Gasteiger partial charge in [0.15, 0.2) is 5.60 Å². The number of aliphatic hydroxyl groups is 1. The van der Waals surface area contributed by atoms with Crippen molar-refractivity contribution in [3.05, 3.63) is 12.7 Å². The van der Waals surface area contributed by atoms with Crippen molar-refractivity contribution in [3.63, 3.8) is 0 Å². The zero-order chi connectivity index (χ0) is 11.7. The number of aromatic nitrogens is 3. The predicted octanol–water partition coefficient (Wildman–Crippen LogP) is 0.140. The average molecular weight is 213 g/mol. The van der Waals surface area contributed by atoms with Crippen LogP contribution in [0.1, 0.15) is 20.8 Å². The van der Waals surface area contributed by atoms with E-state index in [0.29, 0.717) is 0 Å². The highest BCUT2D eigenvalue weighted by Gasteiger charge is 2.47. The van der Waals surface area contributed by atoms with Crippen molar-refractivity contribution in [1.82, 2.24) is 14.8 Å². The third-order valence-corrected chi connectivity index (χ3v) is 2.45. The lowest BCUT2D eigenvalue weighted by Gasteiger charge is -2.35. The Balaban J connectivity index is 2.99. The van der Waals surface area contributed by atoms with Crippen LogP contribution < -0.4 is 0 Å². The molecule has 0 aliphatic carbocycles. The highest BCUT2D eigenvalue weighted by molar-refractivity contribution is 5.78. The lowest BCUT2D eigenvalue weighted by atomic mass is 9.76. The van der Waals surface area contributed by atoms with Crippen LogP contribution in [-0.2, 0) is 11.3 Å². The third kappa shape index (κ3) is 2.15. The lowest BCUT2D eigenvalue weighted by molar-refractivity contribution is -0.174. The normalized spacial score (nSPS) is 16.0. The Morgan fingerprint density at radius 3 is 2.40 bits per heavy atom. The Hall–Kier alpha value is -1.43. The number of hydrogen-bond donors (Lipinski definition) is 2. The molecule has 0 fully saturated rings. The lowest BCUT2D eigenvalue weighted by Crippen LogP contribution is -2.53. The van der Waals surface area contributed by atoms with Gasteiger partial charge < -0.3 is 10.2 Å². The Kier molecular flexibility index (Phi) is 2.81. The standard InChI is InChI=1S/C9H15N3O3/c1-8(2,3)9(15,7(13)14)4-12-6-10-5-11-12/h5-6,15H,4H2,1-3H3,(H,13,14). The van der Waals surface area contributed by atoms with Gasteiger partial charge >= 0.3 is 5.97 Å². The van der Waals surface area contributed by atoms with Crippen LogP contribution in [0.5, 0.6) is 0 Å². The predicted molar refractivity (Wildman–Crippen MR) is 52.1 cm³/mol. The van der Waals surface area contributed by atoms with E-state index in [0.717, 1.165) is 0 Å². The molecule has 6 nitrogen and oxygen atoms in total. The molecule has 0 aliphatic heterocycles. The maximum Gasteiger partial charge on any atom is 0.338 e. The van der Waals surface area contributed by atoms with Gasteiger partial charge in [0, 0.05) is 5.41 Å².